The van der Waals surface area contributed by atoms with Crippen molar-refractivity contribution in [3.8, 4) is 5.75 Å². The van der Waals surface area contributed by atoms with Crippen molar-refractivity contribution < 1.29 is 19.1 Å². The number of amides is 1. The standard InChI is InChI=1S/C20H22ClNO4/c1-5-25-20(24)15-9-10-17(16(21)11-15)22-19(23)14(4)26-18-8-6-7-12(2)13(18)3/h6-11,14H,5H2,1-4H3,(H,22,23)/t14-/m0/s1. The zero-order valence-corrected chi connectivity index (χ0v) is 16.0. The molecule has 2 aromatic rings. The van der Waals surface area contributed by atoms with Crippen molar-refractivity contribution in [1.82, 2.24) is 0 Å². The lowest BCUT2D eigenvalue weighted by Crippen LogP contribution is -2.30. The summed E-state index contributed by atoms with van der Waals surface area (Å²) in [4.78, 5) is 24.1. The molecule has 0 bridgehead atoms. The van der Waals surface area contributed by atoms with Gasteiger partial charge >= 0.3 is 5.97 Å². The van der Waals surface area contributed by atoms with Crippen molar-refractivity contribution in [1.29, 1.82) is 0 Å². The van der Waals surface area contributed by atoms with Gasteiger partial charge in [-0.1, -0.05) is 23.7 Å². The Balaban J connectivity index is 2.07. The molecular formula is C20H22ClNO4. The van der Waals surface area contributed by atoms with Crippen molar-refractivity contribution in [2.24, 2.45) is 0 Å². The molecule has 2 rings (SSSR count). The molecule has 0 saturated heterocycles. The van der Waals surface area contributed by atoms with Gasteiger partial charge in [-0.2, -0.15) is 0 Å². The minimum Gasteiger partial charge on any atom is -0.481 e. The predicted molar refractivity (Wildman–Crippen MR) is 102 cm³/mol. The highest BCUT2D eigenvalue weighted by atomic mass is 35.5. The van der Waals surface area contributed by atoms with Crippen LogP contribution in [0.4, 0.5) is 5.69 Å². The highest BCUT2D eigenvalue weighted by Gasteiger charge is 2.18. The van der Waals surface area contributed by atoms with Crippen LogP contribution in [0.2, 0.25) is 5.02 Å². The quantitative estimate of drug-likeness (QED) is 0.753. The molecular weight excluding hydrogens is 354 g/mol. The lowest BCUT2D eigenvalue weighted by molar-refractivity contribution is -0.122. The molecule has 0 spiro atoms. The van der Waals surface area contributed by atoms with Gasteiger partial charge in [0.1, 0.15) is 5.75 Å². The Morgan fingerprint density at radius 1 is 1.19 bits per heavy atom. The molecule has 0 saturated carbocycles. The average molecular weight is 376 g/mol. The van der Waals surface area contributed by atoms with Gasteiger partial charge in [-0.15, -0.1) is 0 Å². The summed E-state index contributed by atoms with van der Waals surface area (Å²) in [6.45, 7) is 7.60. The third-order valence-electron chi connectivity index (χ3n) is 3.97. The van der Waals surface area contributed by atoms with Gasteiger partial charge in [0.2, 0.25) is 0 Å². The summed E-state index contributed by atoms with van der Waals surface area (Å²) >= 11 is 6.17. The summed E-state index contributed by atoms with van der Waals surface area (Å²) in [6, 6.07) is 10.3. The van der Waals surface area contributed by atoms with Gasteiger partial charge in [0, 0.05) is 0 Å². The zero-order chi connectivity index (χ0) is 19.3. The summed E-state index contributed by atoms with van der Waals surface area (Å²) < 4.78 is 10.7. The van der Waals surface area contributed by atoms with Crippen LogP contribution < -0.4 is 10.1 Å². The first kappa shape index (κ1) is 19.8. The lowest BCUT2D eigenvalue weighted by atomic mass is 10.1. The maximum atomic E-state index is 12.4. The SMILES string of the molecule is CCOC(=O)c1ccc(NC(=O)[C@H](C)Oc2cccc(C)c2C)c(Cl)c1. The molecule has 5 nitrogen and oxygen atoms in total. The maximum absolute atomic E-state index is 12.4. The first-order valence-corrected chi connectivity index (χ1v) is 8.71. The third kappa shape index (κ3) is 4.76. The molecule has 0 radical (unpaired) electrons. The number of aryl methyl sites for hydroxylation is 1. The highest BCUT2D eigenvalue weighted by molar-refractivity contribution is 6.34. The fraction of sp³-hybridized carbons (Fsp3) is 0.300. The van der Waals surface area contributed by atoms with E-state index in [0.29, 0.717) is 17.0 Å². The van der Waals surface area contributed by atoms with Crippen LogP contribution in [-0.2, 0) is 9.53 Å². The highest BCUT2D eigenvalue weighted by Crippen LogP contribution is 2.25. The van der Waals surface area contributed by atoms with Gasteiger partial charge in [-0.05, 0) is 63.1 Å². The van der Waals surface area contributed by atoms with Crippen molar-refractivity contribution in [2.45, 2.75) is 33.8 Å². The Bertz CT molecular complexity index is 819. The monoisotopic (exact) mass is 375 g/mol. The number of rotatable bonds is 6. The van der Waals surface area contributed by atoms with E-state index in [1.807, 2.05) is 32.0 Å². The number of anilines is 1. The molecule has 26 heavy (non-hydrogen) atoms. The van der Waals surface area contributed by atoms with Crippen LogP contribution in [0, 0.1) is 13.8 Å². The molecule has 0 unspecified atom stereocenters. The van der Waals surface area contributed by atoms with Crippen LogP contribution >= 0.6 is 11.6 Å². The second kappa shape index (κ2) is 8.72. The zero-order valence-electron chi connectivity index (χ0n) is 15.3. The molecule has 0 aliphatic rings. The molecule has 0 aliphatic heterocycles. The van der Waals surface area contributed by atoms with Crippen molar-refractivity contribution in [2.75, 3.05) is 11.9 Å². The molecule has 1 atom stereocenters. The summed E-state index contributed by atoms with van der Waals surface area (Å²) in [7, 11) is 0. The van der Waals surface area contributed by atoms with E-state index in [4.69, 9.17) is 21.1 Å². The second-order valence-electron chi connectivity index (χ2n) is 5.86. The van der Waals surface area contributed by atoms with E-state index in [2.05, 4.69) is 5.32 Å². The van der Waals surface area contributed by atoms with Gasteiger partial charge in [-0.3, -0.25) is 4.79 Å². The predicted octanol–water partition coefficient (Wildman–Crippen LogP) is 4.54. The number of benzene rings is 2. The molecule has 1 N–H and O–H groups in total. The van der Waals surface area contributed by atoms with Gasteiger partial charge < -0.3 is 14.8 Å². The van der Waals surface area contributed by atoms with Crippen molar-refractivity contribution >= 4 is 29.2 Å². The Morgan fingerprint density at radius 2 is 1.92 bits per heavy atom. The van der Waals surface area contributed by atoms with Crippen LogP contribution in [0.1, 0.15) is 35.3 Å². The smallest absolute Gasteiger partial charge is 0.338 e. The van der Waals surface area contributed by atoms with E-state index in [0.717, 1.165) is 11.1 Å². The second-order valence-corrected chi connectivity index (χ2v) is 6.27. The number of carbonyl (C=O) groups is 2. The average Bonchev–Trinajstić information content (AvgIpc) is 2.60. The fourth-order valence-electron chi connectivity index (χ4n) is 2.29. The van der Waals surface area contributed by atoms with E-state index in [9.17, 15) is 9.59 Å². The minimum absolute atomic E-state index is 0.253. The minimum atomic E-state index is -0.712. The fourth-order valence-corrected chi connectivity index (χ4v) is 2.52. The van der Waals surface area contributed by atoms with Gasteiger partial charge in [-0.25, -0.2) is 4.79 Å². The van der Waals surface area contributed by atoms with Crippen LogP contribution in [0.3, 0.4) is 0 Å². The molecule has 0 fully saturated rings. The number of ether oxygens (including phenoxy) is 2. The molecule has 6 heteroatoms. The van der Waals surface area contributed by atoms with E-state index < -0.39 is 12.1 Å². The number of nitrogens with one attached hydrogen (secondary N) is 1. The van der Waals surface area contributed by atoms with E-state index in [-0.39, 0.29) is 17.5 Å². The summed E-state index contributed by atoms with van der Waals surface area (Å²) in [5.41, 5.74) is 2.81. The van der Waals surface area contributed by atoms with E-state index >= 15 is 0 Å². The summed E-state index contributed by atoms with van der Waals surface area (Å²) in [5, 5.41) is 2.97. The summed E-state index contributed by atoms with van der Waals surface area (Å²) in [5.74, 6) is -0.132. The molecule has 1 amide bonds. The largest absolute Gasteiger partial charge is 0.481 e. The molecule has 0 aliphatic carbocycles. The van der Waals surface area contributed by atoms with Crippen LogP contribution in [-0.4, -0.2) is 24.6 Å². The molecule has 0 heterocycles. The molecule has 0 aromatic heterocycles. The Hall–Kier alpha value is -2.53. The van der Waals surface area contributed by atoms with Gasteiger partial charge in [0.05, 0.1) is 22.9 Å². The number of hydrogen-bond acceptors (Lipinski definition) is 4. The normalized spacial score (nSPS) is 11.6. The van der Waals surface area contributed by atoms with Crippen molar-refractivity contribution in [3.63, 3.8) is 0 Å². The number of carbonyl (C=O) groups excluding carboxylic acids is 2. The van der Waals surface area contributed by atoms with E-state index in [1.54, 1.807) is 26.0 Å². The Morgan fingerprint density at radius 3 is 2.58 bits per heavy atom. The first-order chi connectivity index (χ1) is 12.3. The Kier molecular flexibility index (Phi) is 6.64. The number of halogens is 1. The number of hydrogen-bond donors (Lipinski definition) is 1. The van der Waals surface area contributed by atoms with Crippen LogP contribution in [0.5, 0.6) is 5.75 Å². The van der Waals surface area contributed by atoms with Crippen LogP contribution in [0.25, 0.3) is 0 Å². The summed E-state index contributed by atoms with van der Waals surface area (Å²) in [6.07, 6.45) is -0.712. The molecule has 2 aromatic carbocycles. The molecule has 138 valence electrons. The van der Waals surface area contributed by atoms with E-state index in [1.165, 1.54) is 6.07 Å². The van der Waals surface area contributed by atoms with Crippen LogP contribution in [0.15, 0.2) is 36.4 Å². The maximum Gasteiger partial charge on any atom is 0.338 e. The van der Waals surface area contributed by atoms with Gasteiger partial charge in [0.25, 0.3) is 5.91 Å². The Labute approximate surface area is 158 Å². The number of esters is 1. The first-order valence-electron chi connectivity index (χ1n) is 8.34. The van der Waals surface area contributed by atoms with Gasteiger partial charge in [0.15, 0.2) is 6.10 Å². The topological polar surface area (TPSA) is 64.6 Å². The lowest BCUT2D eigenvalue weighted by Gasteiger charge is -2.17. The third-order valence-corrected chi connectivity index (χ3v) is 4.28. The van der Waals surface area contributed by atoms with Crippen molar-refractivity contribution in [3.05, 3.63) is 58.1 Å².